The first-order chi connectivity index (χ1) is 7.27. The monoisotopic (exact) mass is 224 g/mol. The van der Waals surface area contributed by atoms with Crippen LogP contribution in [-0.4, -0.2) is 28.7 Å². The Bertz CT molecular complexity index is 339. The number of epoxide rings is 1. The van der Waals surface area contributed by atoms with E-state index in [9.17, 15) is 4.79 Å². The van der Waals surface area contributed by atoms with Crippen LogP contribution in [0.15, 0.2) is 30.3 Å². The molecule has 15 heavy (non-hydrogen) atoms. The average molecular weight is 224 g/mol. The molecule has 2 atom stereocenters. The molecular formula is C11H12O3S. The first-order valence-electron chi connectivity index (χ1n) is 4.77. The van der Waals surface area contributed by atoms with Gasteiger partial charge in [0, 0.05) is 5.75 Å². The van der Waals surface area contributed by atoms with Crippen LogP contribution in [0.5, 0.6) is 0 Å². The maximum atomic E-state index is 10.3. The van der Waals surface area contributed by atoms with E-state index < -0.39 is 5.97 Å². The predicted octanol–water partition coefficient (Wildman–Crippen LogP) is 1.94. The van der Waals surface area contributed by atoms with Gasteiger partial charge in [-0.05, 0) is 5.56 Å². The van der Waals surface area contributed by atoms with Gasteiger partial charge in [-0.1, -0.05) is 30.3 Å². The van der Waals surface area contributed by atoms with Gasteiger partial charge in [-0.15, -0.1) is 11.8 Å². The molecular weight excluding hydrogens is 212 g/mol. The van der Waals surface area contributed by atoms with E-state index >= 15 is 0 Å². The van der Waals surface area contributed by atoms with Crippen LogP contribution in [-0.2, 0) is 9.53 Å². The summed E-state index contributed by atoms with van der Waals surface area (Å²) in [5.41, 5.74) is 1.18. The van der Waals surface area contributed by atoms with Crippen molar-refractivity contribution in [2.75, 3.05) is 11.5 Å². The largest absolute Gasteiger partial charge is 0.481 e. The summed E-state index contributed by atoms with van der Waals surface area (Å²) in [6.45, 7) is 0. The number of carboxylic acids is 1. The van der Waals surface area contributed by atoms with Crippen molar-refractivity contribution in [3.8, 4) is 0 Å². The van der Waals surface area contributed by atoms with Crippen molar-refractivity contribution in [1.82, 2.24) is 0 Å². The highest BCUT2D eigenvalue weighted by molar-refractivity contribution is 7.99. The van der Waals surface area contributed by atoms with Gasteiger partial charge in [-0.2, -0.15) is 0 Å². The third kappa shape index (κ3) is 2.97. The fourth-order valence-corrected chi connectivity index (χ4v) is 2.25. The van der Waals surface area contributed by atoms with E-state index in [-0.39, 0.29) is 18.0 Å². The summed E-state index contributed by atoms with van der Waals surface area (Å²) in [5.74, 6) is 0.143. The highest BCUT2D eigenvalue weighted by atomic mass is 32.2. The number of ether oxygens (including phenoxy) is 1. The van der Waals surface area contributed by atoms with Crippen molar-refractivity contribution in [3.63, 3.8) is 0 Å². The number of carbonyl (C=O) groups is 1. The van der Waals surface area contributed by atoms with Gasteiger partial charge >= 0.3 is 5.97 Å². The molecule has 0 aliphatic carbocycles. The number of thioether (sulfide) groups is 1. The van der Waals surface area contributed by atoms with Crippen LogP contribution >= 0.6 is 11.8 Å². The molecule has 4 heteroatoms. The standard InChI is InChI=1S/C11H12O3S/c12-10(13)7-15-6-9-11(14-9)8-4-2-1-3-5-8/h1-5,9,11H,6-7H2,(H,12,13)/t9-,11+/m1/s1. The normalized spacial score (nSPS) is 23.7. The average Bonchev–Trinajstić information content (AvgIpc) is 2.98. The lowest BCUT2D eigenvalue weighted by Crippen LogP contribution is -2.01. The molecule has 0 radical (unpaired) electrons. The maximum absolute atomic E-state index is 10.3. The Kier molecular flexibility index (Phi) is 3.28. The highest BCUT2D eigenvalue weighted by Crippen LogP contribution is 2.40. The Hall–Kier alpha value is -1.00. The van der Waals surface area contributed by atoms with E-state index in [1.165, 1.54) is 17.3 Å². The molecule has 1 N–H and O–H groups in total. The van der Waals surface area contributed by atoms with Crippen LogP contribution in [0.2, 0.25) is 0 Å². The zero-order chi connectivity index (χ0) is 10.7. The Morgan fingerprint density at radius 2 is 2.13 bits per heavy atom. The summed E-state index contributed by atoms with van der Waals surface area (Å²) in [7, 11) is 0. The van der Waals surface area contributed by atoms with Crippen molar-refractivity contribution in [1.29, 1.82) is 0 Å². The molecule has 1 aliphatic rings. The van der Waals surface area contributed by atoms with Crippen molar-refractivity contribution in [3.05, 3.63) is 35.9 Å². The lowest BCUT2D eigenvalue weighted by Gasteiger charge is -1.95. The Balaban J connectivity index is 1.75. The zero-order valence-corrected chi connectivity index (χ0v) is 8.94. The second kappa shape index (κ2) is 4.68. The van der Waals surface area contributed by atoms with Gasteiger partial charge in [0.15, 0.2) is 0 Å². The van der Waals surface area contributed by atoms with Gasteiger partial charge in [0.1, 0.15) is 6.10 Å². The van der Waals surface area contributed by atoms with Crippen LogP contribution in [0, 0.1) is 0 Å². The summed E-state index contributed by atoms with van der Waals surface area (Å²) in [5, 5.41) is 8.47. The molecule has 0 bridgehead atoms. The molecule has 1 heterocycles. The van der Waals surface area contributed by atoms with Gasteiger partial charge in [0.05, 0.1) is 11.9 Å². The number of carboxylic acid groups (broad SMARTS) is 1. The van der Waals surface area contributed by atoms with Crippen LogP contribution in [0.3, 0.4) is 0 Å². The third-order valence-corrected chi connectivity index (χ3v) is 3.23. The van der Waals surface area contributed by atoms with Gasteiger partial charge in [-0.3, -0.25) is 4.79 Å². The van der Waals surface area contributed by atoms with Crippen molar-refractivity contribution in [2.24, 2.45) is 0 Å². The van der Waals surface area contributed by atoms with Gasteiger partial charge in [-0.25, -0.2) is 0 Å². The topological polar surface area (TPSA) is 49.8 Å². The fourth-order valence-electron chi connectivity index (χ4n) is 1.47. The predicted molar refractivity (Wildman–Crippen MR) is 59.0 cm³/mol. The van der Waals surface area contributed by atoms with Crippen LogP contribution in [0.4, 0.5) is 0 Å². The molecule has 0 unspecified atom stereocenters. The highest BCUT2D eigenvalue weighted by Gasteiger charge is 2.39. The fraction of sp³-hybridized carbons (Fsp3) is 0.364. The Morgan fingerprint density at radius 3 is 2.80 bits per heavy atom. The van der Waals surface area contributed by atoms with Crippen LogP contribution in [0.25, 0.3) is 0 Å². The molecule has 1 saturated heterocycles. The summed E-state index contributed by atoms with van der Waals surface area (Å²) in [6.07, 6.45) is 0.365. The van der Waals surface area contributed by atoms with Gasteiger partial charge in [0.25, 0.3) is 0 Å². The molecule has 3 nitrogen and oxygen atoms in total. The summed E-state index contributed by atoms with van der Waals surface area (Å²) in [6, 6.07) is 10.0. The molecule has 1 aromatic carbocycles. The lowest BCUT2D eigenvalue weighted by molar-refractivity contribution is -0.133. The van der Waals surface area contributed by atoms with Crippen molar-refractivity contribution < 1.29 is 14.6 Å². The number of aliphatic carboxylic acids is 1. The first kappa shape index (κ1) is 10.5. The molecule has 1 fully saturated rings. The van der Waals surface area contributed by atoms with Gasteiger partial charge in [0.2, 0.25) is 0 Å². The number of hydrogen-bond donors (Lipinski definition) is 1. The molecule has 2 rings (SSSR count). The second-order valence-electron chi connectivity index (χ2n) is 3.41. The maximum Gasteiger partial charge on any atom is 0.313 e. The second-order valence-corrected chi connectivity index (χ2v) is 4.44. The lowest BCUT2D eigenvalue weighted by atomic mass is 10.1. The van der Waals surface area contributed by atoms with Gasteiger partial charge < -0.3 is 9.84 Å². The molecule has 0 aromatic heterocycles. The first-order valence-corrected chi connectivity index (χ1v) is 5.93. The summed E-state index contributed by atoms with van der Waals surface area (Å²) < 4.78 is 5.47. The van der Waals surface area contributed by atoms with E-state index in [0.717, 1.165) is 5.75 Å². The summed E-state index contributed by atoms with van der Waals surface area (Å²) >= 11 is 1.41. The minimum atomic E-state index is -0.767. The Morgan fingerprint density at radius 1 is 1.40 bits per heavy atom. The minimum Gasteiger partial charge on any atom is -0.481 e. The molecule has 0 saturated carbocycles. The SMILES string of the molecule is O=C(O)CSC[C@H]1O[C@H]1c1ccccc1. The van der Waals surface area contributed by atoms with E-state index in [1.807, 2.05) is 30.3 Å². The Labute approximate surface area is 92.4 Å². The smallest absolute Gasteiger partial charge is 0.313 e. The minimum absolute atomic E-state index is 0.154. The molecule has 0 amide bonds. The van der Waals surface area contributed by atoms with E-state index in [2.05, 4.69) is 0 Å². The van der Waals surface area contributed by atoms with E-state index in [4.69, 9.17) is 9.84 Å². The molecule has 0 spiro atoms. The van der Waals surface area contributed by atoms with Crippen molar-refractivity contribution >= 4 is 17.7 Å². The van der Waals surface area contributed by atoms with E-state index in [0.29, 0.717) is 0 Å². The number of rotatable bonds is 5. The third-order valence-electron chi connectivity index (χ3n) is 2.22. The molecule has 1 aromatic rings. The van der Waals surface area contributed by atoms with Crippen LogP contribution < -0.4 is 0 Å². The number of hydrogen-bond acceptors (Lipinski definition) is 3. The van der Waals surface area contributed by atoms with E-state index in [1.54, 1.807) is 0 Å². The molecule has 80 valence electrons. The number of benzene rings is 1. The summed E-state index contributed by atoms with van der Waals surface area (Å²) in [4.78, 5) is 10.3. The van der Waals surface area contributed by atoms with Crippen molar-refractivity contribution in [2.45, 2.75) is 12.2 Å². The zero-order valence-electron chi connectivity index (χ0n) is 8.13. The van der Waals surface area contributed by atoms with Crippen LogP contribution in [0.1, 0.15) is 11.7 Å². The quantitative estimate of drug-likeness (QED) is 0.776. The molecule has 1 aliphatic heterocycles.